The summed E-state index contributed by atoms with van der Waals surface area (Å²) in [5.41, 5.74) is 3.10. The number of nitrogens with zero attached hydrogens (tertiary/aromatic N) is 2. The molecule has 156 valence electrons. The Morgan fingerprint density at radius 1 is 1.10 bits per heavy atom. The van der Waals surface area contributed by atoms with Gasteiger partial charge in [-0.05, 0) is 50.6 Å². The highest BCUT2D eigenvalue weighted by atomic mass is 32.1. The van der Waals surface area contributed by atoms with Crippen molar-refractivity contribution in [3.63, 3.8) is 0 Å². The number of aromatic nitrogens is 1. The molecule has 1 aliphatic rings. The molecule has 0 bridgehead atoms. The monoisotopic (exact) mass is 432 g/mol. The van der Waals surface area contributed by atoms with Gasteiger partial charge in [-0.15, -0.1) is 11.3 Å². The number of hydrogen-bond acceptors (Lipinski definition) is 6. The second-order valence-electron chi connectivity index (χ2n) is 7.67. The van der Waals surface area contributed by atoms with Gasteiger partial charge in [0.15, 0.2) is 10.6 Å². The van der Waals surface area contributed by atoms with Gasteiger partial charge < -0.3 is 9.15 Å². The van der Waals surface area contributed by atoms with Crippen LogP contribution in [0, 0.1) is 20.8 Å². The van der Waals surface area contributed by atoms with Gasteiger partial charge in [-0.2, -0.15) is 0 Å². The number of methoxy groups -OCH3 is 1. The molecule has 2 aromatic carbocycles. The van der Waals surface area contributed by atoms with E-state index in [1.807, 2.05) is 51.1 Å². The van der Waals surface area contributed by atoms with E-state index in [0.29, 0.717) is 27.4 Å². The van der Waals surface area contributed by atoms with Crippen molar-refractivity contribution in [2.24, 2.45) is 0 Å². The summed E-state index contributed by atoms with van der Waals surface area (Å²) in [6, 6.07) is 12.2. The predicted octanol–water partition coefficient (Wildman–Crippen LogP) is 4.93. The third-order valence-electron chi connectivity index (χ3n) is 5.66. The fraction of sp³-hybridized carbons (Fsp3) is 0.208. The lowest BCUT2D eigenvalue weighted by Crippen LogP contribution is -2.29. The van der Waals surface area contributed by atoms with Crippen molar-refractivity contribution in [2.45, 2.75) is 26.8 Å². The summed E-state index contributed by atoms with van der Waals surface area (Å²) in [4.78, 5) is 34.4. The van der Waals surface area contributed by atoms with Crippen LogP contribution in [0.3, 0.4) is 0 Å². The van der Waals surface area contributed by atoms with Gasteiger partial charge in [0.2, 0.25) is 5.76 Å². The van der Waals surface area contributed by atoms with Gasteiger partial charge in [0.1, 0.15) is 11.3 Å². The molecule has 3 heterocycles. The van der Waals surface area contributed by atoms with Crippen molar-refractivity contribution in [3.8, 4) is 5.75 Å². The number of aryl methyl sites for hydroxylation is 3. The van der Waals surface area contributed by atoms with Crippen molar-refractivity contribution in [3.05, 3.63) is 85.7 Å². The lowest BCUT2D eigenvalue weighted by atomic mass is 9.98. The minimum atomic E-state index is -0.649. The SMILES string of the molecule is COc1cccc([C@H]2c3c(oc4ccc(C)cc4c3=O)C(=O)N2c2nc(C)c(C)s2)c1. The zero-order valence-electron chi connectivity index (χ0n) is 17.6. The summed E-state index contributed by atoms with van der Waals surface area (Å²) >= 11 is 1.43. The van der Waals surface area contributed by atoms with Crippen LogP contribution in [0.5, 0.6) is 5.75 Å². The van der Waals surface area contributed by atoms with E-state index in [-0.39, 0.29) is 17.1 Å². The molecule has 0 N–H and O–H groups in total. The number of carbonyl (C=O) groups excluding carboxylic acids is 1. The second kappa shape index (κ2) is 7.06. The Morgan fingerprint density at radius 3 is 2.61 bits per heavy atom. The van der Waals surface area contributed by atoms with Gasteiger partial charge in [-0.25, -0.2) is 4.98 Å². The lowest BCUT2D eigenvalue weighted by molar-refractivity contribution is 0.0971. The maximum atomic E-state index is 13.6. The summed E-state index contributed by atoms with van der Waals surface area (Å²) in [6.45, 7) is 5.79. The summed E-state index contributed by atoms with van der Waals surface area (Å²) in [5.74, 6) is 0.349. The molecular weight excluding hydrogens is 412 g/mol. The molecule has 1 amide bonds. The number of hydrogen-bond donors (Lipinski definition) is 0. The van der Waals surface area contributed by atoms with E-state index in [1.54, 1.807) is 24.1 Å². The molecule has 0 radical (unpaired) electrons. The maximum absolute atomic E-state index is 13.6. The van der Waals surface area contributed by atoms with Gasteiger partial charge >= 0.3 is 0 Å². The van der Waals surface area contributed by atoms with E-state index in [4.69, 9.17) is 9.15 Å². The largest absolute Gasteiger partial charge is 0.497 e. The number of benzene rings is 2. The van der Waals surface area contributed by atoms with E-state index >= 15 is 0 Å². The number of carbonyl (C=O) groups is 1. The molecule has 1 aliphatic heterocycles. The van der Waals surface area contributed by atoms with Gasteiger partial charge in [-0.1, -0.05) is 23.8 Å². The standard InChI is InChI=1S/C24H20N2O4S/c1-12-8-9-18-17(10-12)21(27)19-20(15-6-5-7-16(11-15)29-4)26(23(28)22(19)30-18)24-25-13(2)14(3)31-24/h5-11,20H,1-4H3/t20-/m0/s1. The third-order valence-corrected chi connectivity index (χ3v) is 6.73. The predicted molar refractivity (Wildman–Crippen MR) is 120 cm³/mol. The fourth-order valence-electron chi connectivity index (χ4n) is 3.97. The molecule has 31 heavy (non-hydrogen) atoms. The molecule has 0 saturated carbocycles. The first-order valence-electron chi connectivity index (χ1n) is 9.88. The maximum Gasteiger partial charge on any atom is 0.297 e. The van der Waals surface area contributed by atoms with Crippen LogP contribution in [-0.4, -0.2) is 18.0 Å². The number of fused-ring (bicyclic) bond motifs is 2. The highest BCUT2D eigenvalue weighted by molar-refractivity contribution is 7.15. The van der Waals surface area contributed by atoms with Crippen LogP contribution in [-0.2, 0) is 0 Å². The van der Waals surface area contributed by atoms with Crippen LogP contribution in [0.15, 0.2) is 51.7 Å². The average Bonchev–Trinajstić information content (AvgIpc) is 3.25. The second-order valence-corrected chi connectivity index (χ2v) is 8.85. The molecule has 0 fully saturated rings. The molecule has 6 nitrogen and oxygen atoms in total. The minimum Gasteiger partial charge on any atom is -0.497 e. The van der Waals surface area contributed by atoms with Crippen molar-refractivity contribution in [1.82, 2.24) is 4.98 Å². The zero-order chi connectivity index (χ0) is 21.9. The minimum absolute atomic E-state index is 0.0691. The van der Waals surface area contributed by atoms with Crippen molar-refractivity contribution < 1.29 is 13.9 Å². The molecule has 2 aromatic heterocycles. The van der Waals surface area contributed by atoms with E-state index in [9.17, 15) is 9.59 Å². The topological polar surface area (TPSA) is 72.6 Å². The van der Waals surface area contributed by atoms with Crippen LogP contribution in [0.1, 0.15) is 43.9 Å². The molecule has 4 aromatic rings. The van der Waals surface area contributed by atoms with Crippen molar-refractivity contribution in [1.29, 1.82) is 0 Å². The first-order valence-corrected chi connectivity index (χ1v) is 10.7. The lowest BCUT2D eigenvalue weighted by Gasteiger charge is -2.23. The number of amides is 1. The Hall–Kier alpha value is -3.45. The fourth-order valence-corrected chi connectivity index (χ4v) is 4.91. The zero-order valence-corrected chi connectivity index (χ0v) is 18.4. The molecular formula is C24H20N2O4S. The van der Waals surface area contributed by atoms with Crippen LogP contribution in [0.4, 0.5) is 5.13 Å². The molecule has 7 heteroatoms. The third kappa shape index (κ3) is 2.96. The molecule has 0 aliphatic carbocycles. The summed E-state index contributed by atoms with van der Waals surface area (Å²) in [5, 5.41) is 1.01. The van der Waals surface area contributed by atoms with Gasteiger partial charge in [0, 0.05) is 4.88 Å². The van der Waals surface area contributed by atoms with E-state index in [2.05, 4.69) is 4.98 Å². The molecule has 5 rings (SSSR count). The number of ether oxygens (including phenoxy) is 1. The molecule has 0 spiro atoms. The Labute approximate surface area is 182 Å². The van der Waals surface area contributed by atoms with Gasteiger partial charge in [0.05, 0.1) is 29.8 Å². The number of rotatable bonds is 3. The quantitative estimate of drug-likeness (QED) is 0.459. The van der Waals surface area contributed by atoms with Gasteiger partial charge in [-0.3, -0.25) is 14.5 Å². The van der Waals surface area contributed by atoms with Crippen LogP contribution >= 0.6 is 11.3 Å². The highest BCUT2D eigenvalue weighted by Crippen LogP contribution is 2.43. The summed E-state index contributed by atoms with van der Waals surface area (Å²) in [6.07, 6.45) is 0. The Balaban J connectivity index is 1.83. The van der Waals surface area contributed by atoms with Crippen LogP contribution < -0.4 is 15.1 Å². The average molecular weight is 433 g/mol. The van der Waals surface area contributed by atoms with E-state index < -0.39 is 6.04 Å². The molecule has 0 unspecified atom stereocenters. The normalized spacial score (nSPS) is 15.5. The first kappa shape index (κ1) is 19.5. The molecule has 0 saturated heterocycles. The van der Waals surface area contributed by atoms with Crippen molar-refractivity contribution in [2.75, 3.05) is 12.0 Å². The number of thiazole rings is 1. The number of anilines is 1. The Kier molecular flexibility index (Phi) is 4.44. The van der Waals surface area contributed by atoms with Crippen molar-refractivity contribution >= 4 is 33.3 Å². The Bertz CT molecular complexity index is 1400. The Morgan fingerprint density at radius 2 is 1.90 bits per heavy atom. The summed E-state index contributed by atoms with van der Waals surface area (Å²) in [7, 11) is 1.59. The van der Waals surface area contributed by atoms with Crippen LogP contribution in [0.25, 0.3) is 11.0 Å². The van der Waals surface area contributed by atoms with E-state index in [0.717, 1.165) is 21.7 Å². The van der Waals surface area contributed by atoms with Gasteiger partial charge in [0.25, 0.3) is 5.91 Å². The van der Waals surface area contributed by atoms with Crippen LogP contribution in [0.2, 0.25) is 0 Å². The molecule has 1 atom stereocenters. The van der Waals surface area contributed by atoms with E-state index in [1.165, 1.54) is 11.3 Å². The highest BCUT2D eigenvalue weighted by Gasteiger charge is 2.45. The first-order chi connectivity index (χ1) is 14.9. The summed E-state index contributed by atoms with van der Waals surface area (Å²) < 4.78 is 11.4. The smallest absolute Gasteiger partial charge is 0.297 e.